The highest BCUT2D eigenvalue weighted by atomic mass is 35.5. The van der Waals surface area contributed by atoms with Crippen molar-refractivity contribution in [3.8, 4) is 0 Å². The number of halogens is 2. The summed E-state index contributed by atoms with van der Waals surface area (Å²) in [6.07, 6.45) is 0.603. The van der Waals surface area contributed by atoms with Gasteiger partial charge in [-0.3, -0.25) is 0 Å². The van der Waals surface area contributed by atoms with Crippen molar-refractivity contribution in [3.63, 3.8) is 0 Å². The molecular formula is C13H19ClFNO3S. The van der Waals surface area contributed by atoms with Gasteiger partial charge in [0.1, 0.15) is 5.82 Å². The summed E-state index contributed by atoms with van der Waals surface area (Å²) in [5, 5.41) is 8.86. The molecule has 0 saturated heterocycles. The minimum absolute atomic E-state index is 0.0490. The van der Waals surface area contributed by atoms with E-state index in [0.29, 0.717) is 6.42 Å². The van der Waals surface area contributed by atoms with E-state index in [1.54, 1.807) is 13.8 Å². The Labute approximate surface area is 124 Å². The van der Waals surface area contributed by atoms with Crippen molar-refractivity contribution in [3.05, 3.63) is 28.5 Å². The maximum atomic E-state index is 13.7. The van der Waals surface area contributed by atoms with Gasteiger partial charge >= 0.3 is 0 Å². The Balaban J connectivity index is 3.40. The van der Waals surface area contributed by atoms with Crippen molar-refractivity contribution >= 4 is 21.6 Å². The van der Waals surface area contributed by atoms with Crippen LogP contribution in [0.1, 0.15) is 32.8 Å². The van der Waals surface area contributed by atoms with Crippen molar-refractivity contribution in [2.45, 2.75) is 44.2 Å². The summed E-state index contributed by atoms with van der Waals surface area (Å²) < 4.78 is 39.9. The topological polar surface area (TPSA) is 57.6 Å². The van der Waals surface area contributed by atoms with E-state index >= 15 is 0 Å². The molecule has 1 N–H and O–H groups in total. The summed E-state index contributed by atoms with van der Waals surface area (Å²) in [5.41, 5.74) is -0.554. The Morgan fingerprint density at radius 3 is 2.40 bits per heavy atom. The molecule has 1 rings (SSSR count). The number of benzene rings is 1. The van der Waals surface area contributed by atoms with Crippen LogP contribution in [0.3, 0.4) is 0 Å². The van der Waals surface area contributed by atoms with Gasteiger partial charge in [-0.1, -0.05) is 18.5 Å². The molecule has 7 heteroatoms. The Kier molecular flexibility index (Phi) is 5.18. The molecule has 0 bridgehead atoms. The van der Waals surface area contributed by atoms with Crippen molar-refractivity contribution in [2.24, 2.45) is 0 Å². The Hall–Kier alpha value is -0.690. The van der Waals surface area contributed by atoms with Gasteiger partial charge in [0.05, 0.1) is 16.5 Å². The van der Waals surface area contributed by atoms with Crippen LogP contribution in [-0.2, 0) is 16.6 Å². The van der Waals surface area contributed by atoms with Gasteiger partial charge in [-0.05, 0) is 32.4 Å². The molecule has 0 atom stereocenters. The van der Waals surface area contributed by atoms with Crippen LogP contribution in [0.25, 0.3) is 0 Å². The van der Waals surface area contributed by atoms with Crippen molar-refractivity contribution < 1.29 is 17.9 Å². The molecule has 0 aromatic heterocycles. The fourth-order valence-corrected chi connectivity index (χ4v) is 3.40. The van der Waals surface area contributed by atoms with E-state index in [-0.39, 0.29) is 15.5 Å². The summed E-state index contributed by atoms with van der Waals surface area (Å²) in [5.74, 6) is -0.862. The van der Waals surface area contributed by atoms with Gasteiger partial charge in [-0.2, -0.15) is 4.31 Å². The second-order valence-corrected chi connectivity index (χ2v) is 7.52. The lowest BCUT2D eigenvalue weighted by Gasteiger charge is -2.33. The zero-order chi connectivity index (χ0) is 15.7. The minimum Gasteiger partial charge on any atom is -0.392 e. The number of sulfonamides is 1. The van der Waals surface area contributed by atoms with Crippen LogP contribution >= 0.6 is 11.6 Å². The molecule has 0 aliphatic carbocycles. The molecule has 0 amide bonds. The molecule has 4 nitrogen and oxygen atoms in total. The van der Waals surface area contributed by atoms with Crippen LogP contribution in [-0.4, -0.2) is 30.4 Å². The molecule has 1 aromatic rings. The van der Waals surface area contributed by atoms with E-state index in [4.69, 9.17) is 16.7 Å². The molecule has 0 saturated carbocycles. The number of aliphatic hydroxyl groups is 1. The van der Waals surface area contributed by atoms with Gasteiger partial charge in [0.15, 0.2) is 0 Å². The summed E-state index contributed by atoms with van der Waals surface area (Å²) in [4.78, 5) is -0.215. The van der Waals surface area contributed by atoms with Crippen LogP contribution < -0.4 is 0 Å². The van der Waals surface area contributed by atoms with E-state index in [9.17, 15) is 12.8 Å². The Morgan fingerprint density at radius 1 is 1.40 bits per heavy atom. The van der Waals surface area contributed by atoms with E-state index in [2.05, 4.69) is 0 Å². The van der Waals surface area contributed by atoms with Gasteiger partial charge in [-0.25, -0.2) is 12.8 Å². The molecule has 0 aliphatic heterocycles. The van der Waals surface area contributed by atoms with Gasteiger partial charge in [0, 0.05) is 18.2 Å². The highest BCUT2D eigenvalue weighted by molar-refractivity contribution is 7.89. The Bertz CT molecular complexity index is 602. The molecule has 0 heterocycles. The standard InChI is InChI=1S/C13H19ClFNO3S/c1-5-13(2,3)16(4)20(18,19)10-6-9(8-17)12(14)11(15)7-10/h6-7,17H,5,8H2,1-4H3. The lowest BCUT2D eigenvalue weighted by atomic mass is 10.0. The number of aliphatic hydroxyl groups excluding tert-OH is 1. The highest BCUT2D eigenvalue weighted by Crippen LogP contribution is 2.29. The fourth-order valence-electron chi connectivity index (χ4n) is 1.59. The molecular weight excluding hydrogens is 305 g/mol. The number of hydrogen-bond donors (Lipinski definition) is 1. The van der Waals surface area contributed by atoms with Crippen LogP contribution in [0.15, 0.2) is 17.0 Å². The molecule has 1 aromatic carbocycles. The fraction of sp³-hybridized carbons (Fsp3) is 0.538. The van der Waals surface area contributed by atoms with E-state index in [1.807, 2.05) is 6.92 Å². The average molecular weight is 324 g/mol. The van der Waals surface area contributed by atoms with E-state index < -0.39 is 28.0 Å². The van der Waals surface area contributed by atoms with Crippen LogP contribution in [0.4, 0.5) is 4.39 Å². The van der Waals surface area contributed by atoms with Gasteiger partial charge in [-0.15, -0.1) is 0 Å². The molecule has 0 aliphatic rings. The third-order valence-electron chi connectivity index (χ3n) is 3.62. The predicted molar refractivity (Wildman–Crippen MR) is 76.7 cm³/mol. The van der Waals surface area contributed by atoms with Crippen molar-refractivity contribution in [1.82, 2.24) is 4.31 Å². The number of rotatable bonds is 5. The molecule has 114 valence electrons. The first kappa shape index (κ1) is 17.4. The minimum atomic E-state index is -3.86. The SMILES string of the molecule is CCC(C)(C)N(C)S(=O)(=O)c1cc(F)c(Cl)c(CO)c1. The van der Waals surface area contributed by atoms with Crippen molar-refractivity contribution in [1.29, 1.82) is 0 Å². The van der Waals surface area contributed by atoms with Crippen LogP contribution in [0, 0.1) is 5.82 Å². The Morgan fingerprint density at radius 2 is 1.95 bits per heavy atom. The van der Waals surface area contributed by atoms with Crippen LogP contribution in [0.5, 0.6) is 0 Å². The quantitative estimate of drug-likeness (QED) is 0.906. The van der Waals surface area contributed by atoms with Crippen molar-refractivity contribution in [2.75, 3.05) is 7.05 Å². The normalized spacial score (nSPS) is 13.0. The van der Waals surface area contributed by atoms with Crippen LogP contribution in [0.2, 0.25) is 5.02 Å². The second-order valence-electron chi connectivity index (χ2n) is 5.17. The smallest absolute Gasteiger partial charge is 0.243 e. The molecule has 0 spiro atoms. The molecule has 20 heavy (non-hydrogen) atoms. The maximum Gasteiger partial charge on any atom is 0.243 e. The first-order valence-corrected chi connectivity index (χ1v) is 7.97. The lowest BCUT2D eigenvalue weighted by molar-refractivity contribution is 0.257. The van der Waals surface area contributed by atoms with E-state index in [1.165, 1.54) is 17.4 Å². The summed E-state index contributed by atoms with van der Waals surface area (Å²) in [7, 11) is -2.41. The zero-order valence-electron chi connectivity index (χ0n) is 11.9. The summed E-state index contributed by atoms with van der Waals surface area (Å²) in [6.45, 7) is 4.90. The third-order valence-corrected chi connectivity index (χ3v) is 6.09. The molecule has 0 fully saturated rings. The van der Waals surface area contributed by atoms with E-state index in [0.717, 1.165) is 6.07 Å². The zero-order valence-corrected chi connectivity index (χ0v) is 13.5. The largest absolute Gasteiger partial charge is 0.392 e. The first-order valence-electron chi connectivity index (χ1n) is 6.15. The molecule has 0 radical (unpaired) electrons. The first-order chi connectivity index (χ1) is 9.07. The monoisotopic (exact) mass is 323 g/mol. The number of hydrogen-bond acceptors (Lipinski definition) is 3. The predicted octanol–water partition coefficient (Wildman–Crippen LogP) is 2.78. The lowest BCUT2D eigenvalue weighted by Crippen LogP contribution is -2.44. The maximum absolute atomic E-state index is 13.7. The summed E-state index contributed by atoms with van der Waals surface area (Å²) >= 11 is 5.67. The third kappa shape index (κ3) is 3.14. The van der Waals surface area contributed by atoms with Gasteiger partial charge < -0.3 is 5.11 Å². The second kappa shape index (κ2) is 5.97. The number of nitrogens with zero attached hydrogens (tertiary/aromatic N) is 1. The molecule has 0 unspecified atom stereocenters. The summed E-state index contributed by atoms with van der Waals surface area (Å²) in [6, 6.07) is 2.07. The van der Waals surface area contributed by atoms with Gasteiger partial charge in [0.25, 0.3) is 0 Å². The average Bonchev–Trinajstić information content (AvgIpc) is 2.40. The van der Waals surface area contributed by atoms with Gasteiger partial charge in [0.2, 0.25) is 10.0 Å². The highest BCUT2D eigenvalue weighted by Gasteiger charge is 2.33.